The van der Waals surface area contributed by atoms with Gasteiger partial charge in [0.05, 0.1) is 16.9 Å². The van der Waals surface area contributed by atoms with Crippen LogP contribution in [0.4, 0.5) is 21.5 Å². The first-order valence-corrected chi connectivity index (χ1v) is 5.66. The van der Waals surface area contributed by atoms with E-state index >= 15 is 0 Å². The molecule has 0 spiro atoms. The highest BCUT2D eigenvalue weighted by molar-refractivity contribution is 5.96. The number of nitrogens with two attached hydrogens (primary N) is 1. The molecule has 0 aliphatic carbocycles. The van der Waals surface area contributed by atoms with Crippen molar-refractivity contribution in [1.82, 2.24) is 10.3 Å². The highest BCUT2D eigenvalue weighted by Crippen LogP contribution is 2.28. The van der Waals surface area contributed by atoms with Crippen molar-refractivity contribution in [3.05, 3.63) is 41.7 Å². The molecular weight excluding hydrogens is 261 g/mol. The molecule has 0 unspecified atom stereocenters. The van der Waals surface area contributed by atoms with Crippen LogP contribution in [0.3, 0.4) is 0 Å². The Morgan fingerprint density at radius 2 is 2.00 bits per heavy atom. The fourth-order valence-corrected chi connectivity index (χ4v) is 1.83. The van der Waals surface area contributed by atoms with Gasteiger partial charge in [-0.15, -0.1) is 0 Å². The molecule has 2 aromatic carbocycles. The van der Waals surface area contributed by atoms with Gasteiger partial charge < -0.3 is 11.1 Å². The number of aromatic nitrogens is 2. The Morgan fingerprint density at radius 3 is 2.80 bits per heavy atom. The van der Waals surface area contributed by atoms with Gasteiger partial charge in [0.1, 0.15) is 11.9 Å². The van der Waals surface area contributed by atoms with Crippen molar-refractivity contribution in [3.8, 4) is 6.07 Å². The maximum Gasteiger partial charge on any atom is 0.160 e. The molecule has 7 heteroatoms. The molecule has 0 aliphatic rings. The number of benzene rings is 2. The predicted molar refractivity (Wildman–Crippen MR) is 70.6 cm³/mol. The van der Waals surface area contributed by atoms with Crippen molar-refractivity contribution in [3.63, 3.8) is 0 Å². The summed E-state index contributed by atoms with van der Waals surface area (Å²) in [5.74, 6) is -0.566. The second-order valence-electron chi connectivity index (χ2n) is 4.10. The van der Waals surface area contributed by atoms with E-state index in [-0.39, 0.29) is 5.56 Å². The van der Waals surface area contributed by atoms with Crippen LogP contribution in [0.5, 0.6) is 0 Å². The van der Waals surface area contributed by atoms with E-state index in [1.165, 1.54) is 18.2 Å². The number of nitrogens with zero attached hydrogens (tertiary/aromatic N) is 3. The summed E-state index contributed by atoms with van der Waals surface area (Å²) in [6, 6.07) is 9.29. The maximum absolute atomic E-state index is 13.3. The summed E-state index contributed by atoms with van der Waals surface area (Å²) >= 11 is 0. The quantitative estimate of drug-likeness (QED) is 0.693. The number of anilines is 3. The molecule has 0 fully saturated rings. The molecule has 98 valence electrons. The molecule has 0 aliphatic heterocycles. The minimum atomic E-state index is -0.566. The van der Waals surface area contributed by atoms with Gasteiger partial charge in [-0.2, -0.15) is 5.26 Å². The van der Waals surface area contributed by atoms with Gasteiger partial charge in [-0.3, -0.25) is 0 Å². The number of nitrogens with one attached hydrogen (secondary N) is 1. The molecule has 0 bridgehead atoms. The summed E-state index contributed by atoms with van der Waals surface area (Å²) in [6.07, 6.45) is 0. The fraction of sp³-hybridized carbons (Fsp3) is 0. The zero-order valence-electron chi connectivity index (χ0n) is 10.1. The Kier molecular flexibility index (Phi) is 2.69. The zero-order valence-corrected chi connectivity index (χ0v) is 10.1. The minimum Gasteiger partial charge on any atom is -0.397 e. The lowest BCUT2D eigenvalue weighted by atomic mass is 10.2. The molecule has 0 radical (unpaired) electrons. The van der Waals surface area contributed by atoms with E-state index < -0.39 is 5.82 Å². The third-order valence-corrected chi connectivity index (χ3v) is 2.81. The average Bonchev–Trinajstić information content (AvgIpc) is 2.94. The van der Waals surface area contributed by atoms with Crippen molar-refractivity contribution in [2.75, 3.05) is 11.1 Å². The van der Waals surface area contributed by atoms with Crippen LogP contribution in [0.15, 0.2) is 35.0 Å². The molecule has 0 saturated carbocycles. The van der Waals surface area contributed by atoms with E-state index in [1.807, 2.05) is 0 Å². The SMILES string of the molecule is N#Cc1cc(Nc2ccc(N)c3nonc23)ccc1F. The van der Waals surface area contributed by atoms with Crippen molar-refractivity contribution in [2.45, 2.75) is 0 Å². The van der Waals surface area contributed by atoms with Gasteiger partial charge in [0.15, 0.2) is 11.0 Å². The number of hydrogen-bond acceptors (Lipinski definition) is 6. The Morgan fingerprint density at radius 1 is 1.20 bits per heavy atom. The van der Waals surface area contributed by atoms with Crippen molar-refractivity contribution >= 4 is 28.1 Å². The van der Waals surface area contributed by atoms with Gasteiger partial charge in [-0.05, 0) is 40.6 Å². The third kappa shape index (κ3) is 1.89. The molecule has 3 N–H and O–H groups in total. The molecule has 3 rings (SSSR count). The van der Waals surface area contributed by atoms with Crippen molar-refractivity contribution in [2.24, 2.45) is 0 Å². The van der Waals surface area contributed by atoms with Crippen LogP contribution in [0.1, 0.15) is 5.56 Å². The number of rotatable bonds is 2. The van der Waals surface area contributed by atoms with Crippen molar-refractivity contribution < 1.29 is 9.02 Å². The third-order valence-electron chi connectivity index (χ3n) is 2.81. The summed E-state index contributed by atoms with van der Waals surface area (Å²) in [5, 5.41) is 19.3. The summed E-state index contributed by atoms with van der Waals surface area (Å²) in [4.78, 5) is 0. The molecule has 20 heavy (non-hydrogen) atoms. The van der Waals surface area contributed by atoms with Crippen LogP contribution < -0.4 is 11.1 Å². The molecule has 3 aromatic rings. The summed E-state index contributed by atoms with van der Waals surface area (Å²) < 4.78 is 17.9. The van der Waals surface area contributed by atoms with E-state index in [0.29, 0.717) is 28.1 Å². The van der Waals surface area contributed by atoms with Gasteiger partial charge >= 0.3 is 0 Å². The maximum atomic E-state index is 13.3. The van der Waals surface area contributed by atoms with Crippen molar-refractivity contribution in [1.29, 1.82) is 5.26 Å². The van der Waals surface area contributed by atoms with Crippen LogP contribution in [-0.4, -0.2) is 10.3 Å². The number of hydrogen-bond donors (Lipinski definition) is 2. The fourth-order valence-electron chi connectivity index (χ4n) is 1.83. The summed E-state index contributed by atoms with van der Waals surface area (Å²) in [7, 11) is 0. The predicted octanol–water partition coefficient (Wildman–Crippen LogP) is 2.56. The highest BCUT2D eigenvalue weighted by atomic mass is 19.1. The smallest absolute Gasteiger partial charge is 0.160 e. The molecular formula is C13H8FN5O. The molecule has 0 atom stereocenters. The standard InChI is InChI=1S/C13H8FN5O/c14-9-2-1-8(5-7(9)6-15)17-11-4-3-10(16)12-13(11)19-20-18-12/h1-5,17H,16H2. The molecule has 6 nitrogen and oxygen atoms in total. The van der Waals surface area contributed by atoms with Gasteiger partial charge in [-0.25, -0.2) is 9.02 Å². The van der Waals surface area contributed by atoms with E-state index in [1.54, 1.807) is 18.2 Å². The lowest BCUT2D eigenvalue weighted by Gasteiger charge is -2.07. The van der Waals surface area contributed by atoms with Crippen LogP contribution in [0, 0.1) is 17.1 Å². The lowest BCUT2D eigenvalue weighted by molar-refractivity contribution is 0.316. The highest BCUT2D eigenvalue weighted by Gasteiger charge is 2.11. The Bertz CT molecular complexity index is 836. The van der Waals surface area contributed by atoms with Gasteiger partial charge in [0, 0.05) is 5.69 Å². The van der Waals surface area contributed by atoms with Crippen LogP contribution in [-0.2, 0) is 0 Å². The molecule has 0 amide bonds. The topological polar surface area (TPSA) is 101 Å². The average molecular weight is 269 g/mol. The Hall–Kier alpha value is -3.14. The van der Waals surface area contributed by atoms with Gasteiger partial charge in [-0.1, -0.05) is 0 Å². The first-order valence-electron chi connectivity index (χ1n) is 5.66. The van der Waals surface area contributed by atoms with Crippen LogP contribution >= 0.6 is 0 Å². The van der Waals surface area contributed by atoms with Gasteiger partial charge in [0.2, 0.25) is 0 Å². The zero-order chi connectivity index (χ0) is 14.1. The number of nitrogen functional groups attached to an aromatic ring is 1. The number of fused-ring (bicyclic) bond motifs is 1. The lowest BCUT2D eigenvalue weighted by Crippen LogP contribution is -1.95. The monoisotopic (exact) mass is 269 g/mol. The van der Waals surface area contributed by atoms with E-state index in [4.69, 9.17) is 11.0 Å². The summed E-state index contributed by atoms with van der Waals surface area (Å²) in [5.41, 5.74) is 8.21. The van der Waals surface area contributed by atoms with Crippen LogP contribution in [0.2, 0.25) is 0 Å². The second kappa shape index (κ2) is 4.51. The molecule has 1 aromatic heterocycles. The minimum absolute atomic E-state index is 0.0417. The first kappa shape index (κ1) is 11.9. The molecule has 0 saturated heterocycles. The van der Waals surface area contributed by atoms with E-state index in [0.717, 1.165) is 0 Å². The number of halogens is 1. The number of nitriles is 1. The normalized spacial score (nSPS) is 10.4. The Labute approximate surface area is 112 Å². The van der Waals surface area contributed by atoms with E-state index in [9.17, 15) is 4.39 Å². The largest absolute Gasteiger partial charge is 0.397 e. The van der Waals surface area contributed by atoms with E-state index in [2.05, 4.69) is 20.3 Å². The Balaban J connectivity index is 2.04. The molecule has 1 heterocycles. The van der Waals surface area contributed by atoms with Crippen LogP contribution in [0.25, 0.3) is 11.0 Å². The first-order chi connectivity index (χ1) is 9.69. The summed E-state index contributed by atoms with van der Waals surface area (Å²) in [6.45, 7) is 0. The second-order valence-corrected chi connectivity index (χ2v) is 4.10. The van der Waals surface area contributed by atoms with Gasteiger partial charge in [0.25, 0.3) is 0 Å².